The smallest absolute Gasteiger partial charge is 0.370 e. The van der Waals surface area contributed by atoms with Gasteiger partial charge in [0.2, 0.25) is 0 Å². The number of halogens is 6. The van der Waals surface area contributed by atoms with Gasteiger partial charge in [0.25, 0.3) is 19.7 Å². The van der Waals surface area contributed by atoms with Gasteiger partial charge in [-0.1, -0.05) is 66.8 Å². The number of guanidine groups is 1. The van der Waals surface area contributed by atoms with E-state index >= 15 is 0 Å². The van der Waals surface area contributed by atoms with Crippen LogP contribution < -0.4 is 11.1 Å². The first-order valence-electron chi connectivity index (χ1n) is 12.4. The van der Waals surface area contributed by atoms with Gasteiger partial charge in [0.1, 0.15) is 6.04 Å². The maximum absolute atomic E-state index is 13.1. The summed E-state index contributed by atoms with van der Waals surface area (Å²) in [6.45, 7) is 0. The van der Waals surface area contributed by atoms with Crippen molar-refractivity contribution in [1.82, 2.24) is 0 Å². The van der Waals surface area contributed by atoms with Crippen LogP contribution in [0.4, 0.5) is 32.0 Å². The van der Waals surface area contributed by atoms with E-state index in [1.807, 2.05) is 48.6 Å². The van der Waals surface area contributed by atoms with Gasteiger partial charge in [-0.25, -0.2) is 21.8 Å². The van der Waals surface area contributed by atoms with Crippen LogP contribution in [0.3, 0.4) is 0 Å². The van der Waals surface area contributed by atoms with Crippen LogP contribution in [0.15, 0.2) is 106 Å². The van der Waals surface area contributed by atoms with Crippen LogP contribution in [-0.2, 0) is 26.1 Å². The number of rotatable bonds is 4. The van der Waals surface area contributed by atoms with Gasteiger partial charge in [0.05, 0.1) is 15.5 Å². The minimum absolute atomic E-state index is 0.0606. The number of benzene rings is 3. The van der Waals surface area contributed by atoms with E-state index in [-0.39, 0.29) is 17.7 Å². The van der Waals surface area contributed by atoms with E-state index in [2.05, 4.69) is 10.3 Å². The SMILES string of the molecule is N=C1C=CC=CC1N=C(N)Nc1ccccc1.O=S(=O)(c1ccc2c(c1S(=O)(=O)C(F)(F)F)Cc1ccccc1-2)C(F)(F)F. The van der Waals surface area contributed by atoms with Gasteiger partial charge in [-0.2, -0.15) is 26.3 Å². The molecule has 1 unspecified atom stereocenters. The summed E-state index contributed by atoms with van der Waals surface area (Å²) in [6.07, 6.45) is 6.78. The van der Waals surface area contributed by atoms with E-state index in [0.29, 0.717) is 22.8 Å². The summed E-state index contributed by atoms with van der Waals surface area (Å²) < 4.78 is 126. The zero-order valence-corrected chi connectivity index (χ0v) is 23.8. The average Bonchev–Trinajstić information content (AvgIpc) is 3.32. The van der Waals surface area contributed by atoms with Gasteiger partial charge in [-0.05, 0) is 46.5 Å². The molecule has 5 rings (SSSR count). The normalized spacial score (nSPS) is 16.5. The van der Waals surface area contributed by atoms with Crippen LogP contribution in [0.2, 0.25) is 0 Å². The molecule has 0 aliphatic heterocycles. The number of anilines is 1. The number of sulfone groups is 2. The molecule has 0 saturated heterocycles. The molecule has 232 valence electrons. The molecule has 3 aromatic carbocycles. The number of fused-ring (bicyclic) bond motifs is 3. The standard InChI is InChI=1S/C15H8F6O4S2.C13H14N4/c16-14(17,18)26(22,23)12-6-5-10-9-4-2-1-3-8(9)7-11(10)13(12)27(24,25)15(19,20)21;14-11-8-4-5-9-12(11)17-13(15)16-10-6-2-1-3-7-10/h1-6H,7H2;1-9,12,14H,(H3,15,16,17). The number of nitrogens with zero attached hydrogens (tertiary/aromatic N) is 1. The number of nitrogens with two attached hydrogens (primary N) is 1. The number of nitrogens with one attached hydrogen (secondary N) is 2. The van der Waals surface area contributed by atoms with E-state index in [1.54, 1.807) is 6.08 Å². The van der Waals surface area contributed by atoms with Crippen LogP contribution in [0, 0.1) is 5.41 Å². The number of hydrogen-bond donors (Lipinski definition) is 3. The molecule has 44 heavy (non-hydrogen) atoms. The molecule has 2 aliphatic rings. The summed E-state index contributed by atoms with van der Waals surface area (Å²) in [6, 6.07) is 16.3. The summed E-state index contributed by atoms with van der Waals surface area (Å²) in [5, 5.41) is 10.7. The quantitative estimate of drug-likeness (QED) is 0.145. The lowest BCUT2D eigenvalue weighted by atomic mass is 10.1. The minimum Gasteiger partial charge on any atom is -0.370 e. The molecule has 0 amide bonds. The number of alkyl halides is 6. The molecule has 0 spiro atoms. The summed E-state index contributed by atoms with van der Waals surface area (Å²) >= 11 is 0. The molecule has 0 radical (unpaired) electrons. The molecular formula is C28H22F6N4O4S2. The van der Waals surface area contributed by atoms with Gasteiger partial charge >= 0.3 is 11.0 Å². The summed E-state index contributed by atoms with van der Waals surface area (Å²) in [5.74, 6) is 0.311. The van der Waals surface area contributed by atoms with E-state index in [0.717, 1.165) is 11.8 Å². The number of aliphatic imine (C=N–C) groups is 1. The highest BCUT2D eigenvalue weighted by atomic mass is 32.2. The Morgan fingerprint density at radius 2 is 1.43 bits per heavy atom. The van der Waals surface area contributed by atoms with Gasteiger partial charge in [0.15, 0.2) is 5.96 Å². The Hall–Kier alpha value is -4.44. The lowest BCUT2D eigenvalue weighted by Gasteiger charge is -2.18. The van der Waals surface area contributed by atoms with Crippen LogP contribution in [-0.4, -0.2) is 45.6 Å². The second-order valence-corrected chi connectivity index (χ2v) is 13.1. The fraction of sp³-hybridized carbons (Fsp3) is 0.143. The Morgan fingerprint density at radius 1 is 0.818 bits per heavy atom. The van der Waals surface area contributed by atoms with Gasteiger partial charge < -0.3 is 16.5 Å². The molecule has 8 nitrogen and oxygen atoms in total. The molecule has 0 saturated carbocycles. The molecule has 0 heterocycles. The Morgan fingerprint density at radius 3 is 2.05 bits per heavy atom. The highest BCUT2D eigenvalue weighted by molar-refractivity contribution is 7.95. The Balaban J connectivity index is 0.000000223. The fourth-order valence-corrected chi connectivity index (χ4v) is 7.00. The largest absolute Gasteiger partial charge is 0.501 e. The fourth-order valence-electron chi connectivity index (χ4n) is 4.40. The zero-order valence-electron chi connectivity index (χ0n) is 22.2. The molecule has 0 bridgehead atoms. The predicted molar refractivity (Wildman–Crippen MR) is 153 cm³/mol. The molecule has 3 aromatic rings. The van der Waals surface area contributed by atoms with E-state index in [4.69, 9.17) is 11.1 Å². The first-order chi connectivity index (χ1) is 20.4. The molecule has 4 N–H and O–H groups in total. The van der Waals surface area contributed by atoms with Crippen LogP contribution in [0.5, 0.6) is 0 Å². The third kappa shape index (κ3) is 6.40. The zero-order chi connectivity index (χ0) is 32.5. The van der Waals surface area contributed by atoms with Crippen molar-refractivity contribution in [2.45, 2.75) is 33.3 Å². The number of allylic oxidation sites excluding steroid dienone is 2. The van der Waals surface area contributed by atoms with Gasteiger partial charge in [-0.3, -0.25) is 0 Å². The lowest BCUT2D eigenvalue weighted by Crippen LogP contribution is -2.30. The molecule has 1 atom stereocenters. The van der Waals surface area contributed by atoms with E-state index < -0.39 is 52.5 Å². The summed E-state index contributed by atoms with van der Waals surface area (Å²) in [5.41, 5.74) is -4.84. The highest BCUT2D eigenvalue weighted by Crippen LogP contribution is 2.47. The maximum Gasteiger partial charge on any atom is 0.501 e. The van der Waals surface area contributed by atoms with Crippen molar-refractivity contribution in [3.05, 3.63) is 102 Å². The maximum atomic E-state index is 13.1. The Labute approximate surface area is 248 Å². The highest BCUT2D eigenvalue weighted by Gasteiger charge is 2.55. The van der Waals surface area contributed by atoms with Crippen LogP contribution in [0.1, 0.15) is 11.1 Å². The van der Waals surface area contributed by atoms with Crippen molar-refractivity contribution in [1.29, 1.82) is 5.41 Å². The number of para-hydroxylation sites is 1. The van der Waals surface area contributed by atoms with Crippen molar-refractivity contribution in [3.8, 4) is 11.1 Å². The Kier molecular flexibility index (Phi) is 8.80. The molecule has 0 fully saturated rings. The molecule has 16 heteroatoms. The van der Waals surface area contributed by atoms with Crippen molar-refractivity contribution in [2.24, 2.45) is 10.7 Å². The third-order valence-corrected chi connectivity index (χ3v) is 9.66. The number of hydrogen-bond acceptors (Lipinski definition) is 6. The Bertz CT molecular complexity index is 1900. The average molecular weight is 657 g/mol. The van der Waals surface area contributed by atoms with E-state index in [9.17, 15) is 43.2 Å². The first-order valence-corrected chi connectivity index (χ1v) is 15.4. The molecule has 0 aromatic heterocycles. The minimum atomic E-state index is -6.37. The van der Waals surface area contributed by atoms with Crippen molar-refractivity contribution < 1.29 is 43.2 Å². The first kappa shape index (κ1) is 32.5. The molecule has 2 aliphatic carbocycles. The summed E-state index contributed by atoms with van der Waals surface area (Å²) in [7, 11) is -12.7. The molecular weight excluding hydrogens is 634 g/mol. The van der Waals surface area contributed by atoms with Crippen LogP contribution >= 0.6 is 0 Å². The topological polar surface area (TPSA) is 143 Å². The second kappa shape index (κ2) is 11.9. The predicted octanol–water partition coefficient (Wildman–Crippen LogP) is 5.77. The van der Waals surface area contributed by atoms with Crippen molar-refractivity contribution >= 4 is 37.0 Å². The van der Waals surface area contributed by atoms with Crippen molar-refractivity contribution in [3.63, 3.8) is 0 Å². The monoisotopic (exact) mass is 656 g/mol. The summed E-state index contributed by atoms with van der Waals surface area (Å²) in [4.78, 5) is 0.427. The second-order valence-electron chi connectivity index (χ2n) is 9.30. The lowest BCUT2D eigenvalue weighted by molar-refractivity contribution is -0.0456. The third-order valence-electron chi connectivity index (χ3n) is 6.39. The van der Waals surface area contributed by atoms with Crippen LogP contribution in [0.25, 0.3) is 11.1 Å². The van der Waals surface area contributed by atoms with Gasteiger partial charge in [0, 0.05) is 12.1 Å². The van der Waals surface area contributed by atoms with Gasteiger partial charge in [-0.15, -0.1) is 0 Å². The van der Waals surface area contributed by atoms with Crippen molar-refractivity contribution in [2.75, 3.05) is 5.32 Å². The van der Waals surface area contributed by atoms with E-state index in [1.165, 1.54) is 24.3 Å².